The van der Waals surface area contributed by atoms with Gasteiger partial charge in [-0.3, -0.25) is 4.79 Å². The molecular formula is C13H16ClN3O. The molecule has 0 aromatic heterocycles. The summed E-state index contributed by atoms with van der Waals surface area (Å²) in [6.45, 7) is 3.63. The SMILES string of the molecule is CCCC(C)(N)C(=O)Nc1cc(Cl)ccc1C#N. The molecule has 0 aliphatic heterocycles. The highest BCUT2D eigenvalue weighted by Gasteiger charge is 2.27. The van der Waals surface area contributed by atoms with E-state index in [2.05, 4.69) is 5.32 Å². The van der Waals surface area contributed by atoms with Gasteiger partial charge in [0.1, 0.15) is 6.07 Å². The number of nitriles is 1. The van der Waals surface area contributed by atoms with Gasteiger partial charge < -0.3 is 11.1 Å². The molecule has 96 valence electrons. The average Bonchev–Trinajstić information content (AvgIpc) is 2.29. The molecule has 0 spiro atoms. The Bertz CT molecular complexity index is 491. The maximum Gasteiger partial charge on any atom is 0.244 e. The van der Waals surface area contributed by atoms with Crippen LogP contribution in [0.25, 0.3) is 0 Å². The first-order valence-corrected chi connectivity index (χ1v) is 6.08. The number of carbonyl (C=O) groups is 1. The molecule has 1 rings (SSSR count). The molecule has 0 bridgehead atoms. The summed E-state index contributed by atoms with van der Waals surface area (Å²) in [7, 11) is 0. The van der Waals surface area contributed by atoms with E-state index >= 15 is 0 Å². The molecule has 0 saturated carbocycles. The molecule has 18 heavy (non-hydrogen) atoms. The molecule has 1 atom stereocenters. The maximum absolute atomic E-state index is 12.0. The first kappa shape index (κ1) is 14.5. The van der Waals surface area contributed by atoms with Crippen LogP contribution in [0.5, 0.6) is 0 Å². The van der Waals surface area contributed by atoms with Gasteiger partial charge >= 0.3 is 0 Å². The molecule has 0 fully saturated rings. The molecule has 1 aromatic rings. The maximum atomic E-state index is 12.0. The second-order valence-corrected chi connectivity index (χ2v) is 4.86. The van der Waals surface area contributed by atoms with Gasteiger partial charge in [-0.25, -0.2) is 0 Å². The molecule has 0 heterocycles. The Kier molecular flexibility index (Phi) is 4.71. The number of anilines is 1. The van der Waals surface area contributed by atoms with Crippen molar-refractivity contribution in [3.8, 4) is 6.07 Å². The van der Waals surface area contributed by atoms with E-state index < -0.39 is 5.54 Å². The first-order chi connectivity index (χ1) is 8.40. The third kappa shape index (κ3) is 3.46. The van der Waals surface area contributed by atoms with E-state index in [0.29, 0.717) is 22.7 Å². The molecular weight excluding hydrogens is 250 g/mol. The first-order valence-electron chi connectivity index (χ1n) is 5.70. The number of rotatable bonds is 4. The fourth-order valence-electron chi connectivity index (χ4n) is 1.62. The summed E-state index contributed by atoms with van der Waals surface area (Å²) < 4.78 is 0. The Balaban J connectivity index is 2.95. The molecule has 5 heteroatoms. The average molecular weight is 266 g/mol. The van der Waals surface area contributed by atoms with Crippen LogP contribution in [0.4, 0.5) is 5.69 Å². The third-order valence-corrected chi connectivity index (χ3v) is 2.87. The summed E-state index contributed by atoms with van der Waals surface area (Å²) in [5, 5.41) is 12.1. The molecule has 1 unspecified atom stereocenters. The molecule has 0 aliphatic rings. The van der Waals surface area contributed by atoms with E-state index in [4.69, 9.17) is 22.6 Å². The van der Waals surface area contributed by atoms with Gasteiger partial charge in [-0.2, -0.15) is 5.26 Å². The van der Waals surface area contributed by atoms with Crippen molar-refractivity contribution >= 4 is 23.2 Å². The number of amides is 1. The Labute approximate surface area is 112 Å². The lowest BCUT2D eigenvalue weighted by Crippen LogP contribution is -2.48. The molecule has 1 amide bonds. The number of nitrogens with zero attached hydrogens (tertiary/aromatic N) is 1. The van der Waals surface area contributed by atoms with E-state index in [9.17, 15) is 4.79 Å². The number of nitrogens with one attached hydrogen (secondary N) is 1. The second kappa shape index (κ2) is 5.85. The second-order valence-electron chi connectivity index (χ2n) is 4.42. The number of carbonyl (C=O) groups excluding carboxylic acids is 1. The van der Waals surface area contributed by atoms with Gasteiger partial charge in [-0.15, -0.1) is 0 Å². The Morgan fingerprint density at radius 2 is 2.28 bits per heavy atom. The monoisotopic (exact) mass is 265 g/mol. The molecule has 0 aliphatic carbocycles. The highest BCUT2D eigenvalue weighted by Crippen LogP contribution is 2.22. The highest BCUT2D eigenvalue weighted by molar-refractivity contribution is 6.31. The van der Waals surface area contributed by atoms with Crippen LogP contribution >= 0.6 is 11.6 Å². The highest BCUT2D eigenvalue weighted by atomic mass is 35.5. The Morgan fingerprint density at radius 1 is 1.61 bits per heavy atom. The van der Waals surface area contributed by atoms with E-state index in [1.54, 1.807) is 25.1 Å². The number of hydrogen-bond donors (Lipinski definition) is 2. The van der Waals surface area contributed by atoms with Crippen molar-refractivity contribution in [1.82, 2.24) is 0 Å². The fourth-order valence-corrected chi connectivity index (χ4v) is 1.79. The van der Waals surface area contributed by atoms with E-state index in [1.807, 2.05) is 13.0 Å². The van der Waals surface area contributed by atoms with Crippen molar-refractivity contribution in [2.45, 2.75) is 32.2 Å². The zero-order chi connectivity index (χ0) is 13.8. The van der Waals surface area contributed by atoms with Crippen LogP contribution in [0.1, 0.15) is 32.3 Å². The molecule has 3 N–H and O–H groups in total. The van der Waals surface area contributed by atoms with Crippen LogP contribution < -0.4 is 11.1 Å². The minimum atomic E-state index is -0.955. The minimum Gasteiger partial charge on any atom is -0.323 e. The minimum absolute atomic E-state index is 0.317. The summed E-state index contributed by atoms with van der Waals surface area (Å²) in [5.74, 6) is -0.317. The predicted octanol–water partition coefficient (Wildman–Crippen LogP) is 2.67. The number of benzene rings is 1. The summed E-state index contributed by atoms with van der Waals surface area (Å²) >= 11 is 5.84. The van der Waals surface area contributed by atoms with Crippen LogP contribution in [0, 0.1) is 11.3 Å². The van der Waals surface area contributed by atoms with Crippen molar-refractivity contribution in [2.24, 2.45) is 5.73 Å². The summed E-state index contributed by atoms with van der Waals surface area (Å²) in [6.07, 6.45) is 1.38. The van der Waals surface area contributed by atoms with Gasteiger partial charge in [0.05, 0.1) is 16.8 Å². The smallest absolute Gasteiger partial charge is 0.244 e. The molecule has 4 nitrogen and oxygen atoms in total. The largest absolute Gasteiger partial charge is 0.323 e. The van der Waals surface area contributed by atoms with Gasteiger partial charge in [-0.1, -0.05) is 24.9 Å². The van der Waals surface area contributed by atoms with Gasteiger partial charge in [0.15, 0.2) is 0 Å². The van der Waals surface area contributed by atoms with Crippen LogP contribution in [-0.2, 0) is 4.79 Å². The third-order valence-electron chi connectivity index (χ3n) is 2.64. The van der Waals surface area contributed by atoms with Crippen molar-refractivity contribution < 1.29 is 4.79 Å². The lowest BCUT2D eigenvalue weighted by atomic mass is 9.96. The van der Waals surface area contributed by atoms with Crippen LogP contribution in [0.3, 0.4) is 0 Å². The van der Waals surface area contributed by atoms with Crippen molar-refractivity contribution in [3.63, 3.8) is 0 Å². The van der Waals surface area contributed by atoms with Gasteiger partial charge in [-0.05, 0) is 31.5 Å². The quantitative estimate of drug-likeness (QED) is 0.878. The van der Waals surface area contributed by atoms with Crippen LogP contribution in [0.15, 0.2) is 18.2 Å². The summed E-state index contributed by atoms with van der Waals surface area (Å²) in [4.78, 5) is 12.0. The molecule has 0 saturated heterocycles. The van der Waals surface area contributed by atoms with E-state index in [1.165, 1.54) is 0 Å². The van der Waals surface area contributed by atoms with Gasteiger partial charge in [0.25, 0.3) is 0 Å². The van der Waals surface area contributed by atoms with Crippen molar-refractivity contribution in [3.05, 3.63) is 28.8 Å². The van der Waals surface area contributed by atoms with Crippen LogP contribution in [-0.4, -0.2) is 11.4 Å². The van der Waals surface area contributed by atoms with Crippen molar-refractivity contribution in [2.75, 3.05) is 5.32 Å². The molecule has 1 aromatic carbocycles. The lowest BCUT2D eigenvalue weighted by molar-refractivity contribution is -0.120. The topological polar surface area (TPSA) is 78.9 Å². The van der Waals surface area contributed by atoms with E-state index in [-0.39, 0.29) is 5.91 Å². The zero-order valence-electron chi connectivity index (χ0n) is 10.5. The fraction of sp³-hybridized carbons (Fsp3) is 0.385. The summed E-state index contributed by atoms with van der Waals surface area (Å²) in [6, 6.07) is 6.70. The standard InChI is InChI=1S/C13H16ClN3O/c1-3-6-13(2,16)12(18)17-11-7-10(14)5-4-9(11)8-15/h4-5,7H,3,6,16H2,1-2H3,(H,17,18). The normalized spacial score (nSPS) is 13.5. The zero-order valence-corrected chi connectivity index (χ0v) is 11.2. The van der Waals surface area contributed by atoms with Crippen LogP contribution in [0.2, 0.25) is 5.02 Å². The lowest BCUT2D eigenvalue weighted by Gasteiger charge is -2.23. The number of halogens is 1. The Morgan fingerprint density at radius 3 is 2.83 bits per heavy atom. The molecule has 0 radical (unpaired) electrons. The number of hydrogen-bond acceptors (Lipinski definition) is 3. The van der Waals surface area contributed by atoms with E-state index in [0.717, 1.165) is 6.42 Å². The van der Waals surface area contributed by atoms with Crippen molar-refractivity contribution in [1.29, 1.82) is 5.26 Å². The predicted molar refractivity (Wildman–Crippen MR) is 72.3 cm³/mol. The Hall–Kier alpha value is -1.57. The number of nitrogens with two attached hydrogens (primary N) is 1. The van der Waals surface area contributed by atoms with Gasteiger partial charge in [0.2, 0.25) is 5.91 Å². The summed E-state index contributed by atoms with van der Waals surface area (Å²) in [5.41, 5.74) is 5.72. The van der Waals surface area contributed by atoms with Gasteiger partial charge in [0, 0.05) is 5.02 Å².